The molecule has 0 aliphatic heterocycles. The van der Waals surface area contributed by atoms with E-state index in [0.717, 1.165) is 50.5 Å². The van der Waals surface area contributed by atoms with Crippen LogP contribution in [0.2, 0.25) is 0 Å². The molecule has 0 radical (unpaired) electrons. The van der Waals surface area contributed by atoms with Gasteiger partial charge in [0.25, 0.3) is 0 Å². The lowest BCUT2D eigenvalue weighted by Crippen LogP contribution is -2.19. The Labute approximate surface area is 283 Å². The fourth-order valence-electron chi connectivity index (χ4n) is 6.81. The van der Waals surface area contributed by atoms with Crippen molar-refractivity contribution in [2.24, 2.45) is 5.92 Å². The van der Waals surface area contributed by atoms with Crippen molar-refractivity contribution in [2.75, 3.05) is 5.32 Å². The minimum Gasteiger partial charge on any atom is -0.457 e. The molecule has 236 valence electrons. The van der Waals surface area contributed by atoms with Gasteiger partial charge in [0, 0.05) is 16.3 Å². The number of fused-ring (bicyclic) bond motifs is 4. The summed E-state index contributed by atoms with van der Waals surface area (Å²) in [5.74, 6) is 0.508. The first kappa shape index (κ1) is 31.0. The SMILES string of the molecule is C=c1oc2cc3c(/C=C\C=C/C)c(C)c4ccccc4c3c(Nc3cc(-c4ccccc4)cc(-c4ccccc4)c3)c2/c1=C/CC(C)C. The Hall–Kier alpha value is -5.60. The van der Waals surface area contributed by atoms with Crippen LogP contribution in [-0.4, -0.2) is 0 Å². The van der Waals surface area contributed by atoms with Gasteiger partial charge >= 0.3 is 0 Å². The lowest BCUT2D eigenvalue weighted by molar-refractivity contribution is 0.577. The van der Waals surface area contributed by atoms with Crippen LogP contribution in [0.15, 0.2) is 132 Å². The summed E-state index contributed by atoms with van der Waals surface area (Å²) in [4.78, 5) is 0. The molecule has 1 aromatic heterocycles. The Morgan fingerprint density at radius 2 is 1.33 bits per heavy atom. The molecule has 0 saturated carbocycles. The number of aryl methyl sites for hydroxylation is 1. The van der Waals surface area contributed by atoms with Crippen LogP contribution in [0, 0.1) is 12.8 Å². The zero-order chi connectivity index (χ0) is 33.2. The van der Waals surface area contributed by atoms with E-state index < -0.39 is 0 Å². The molecule has 2 heteroatoms. The van der Waals surface area contributed by atoms with E-state index >= 15 is 0 Å². The Kier molecular flexibility index (Phi) is 8.57. The second-order valence-electron chi connectivity index (χ2n) is 12.9. The van der Waals surface area contributed by atoms with E-state index in [1.807, 2.05) is 6.92 Å². The number of anilines is 2. The highest BCUT2D eigenvalue weighted by Gasteiger charge is 2.20. The minimum absolute atomic E-state index is 0.508. The largest absolute Gasteiger partial charge is 0.457 e. The van der Waals surface area contributed by atoms with E-state index in [1.54, 1.807) is 0 Å². The Morgan fingerprint density at radius 1 is 0.708 bits per heavy atom. The minimum atomic E-state index is 0.508. The number of hydrogen-bond acceptors (Lipinski definition) is 2. The molecule has 7 rings (SSSR count). The third-order valence-electron chi connectivity index (χ3n) is 9.17. The normalized spacial score (nSPS) is 12.5. The summed E-state index contributed by atoms with van der Waals surface area (Å²) >= 11 is 0. The third kappa shape index (κ3) is 5.87. The average molecular weight is 624 g/mol. The number of nitrogens with one attached hydrogen (secondary N) is 1. The molecule has 0 bridgehead atoms. The second kappa shape index (κ2) is 13.3. The Morgan fingerprint density at radius 3 is 1.96 bits per heavy atom. The highest BCUT2D eigenvalue weighted by atomic mass is 16.3. The molecule has 1 heterocycles. The predicted octanol–water partition coefficient (Wildman–Crippen LogP) is 12.0. The molecule has 0 fully saturated rings. The molecule has 6 aromatic carbocycles. The number of rotatable bonds is 8. The number of benzene rings is 6. The Bertz CT molecular complexity index is 2390. The topological polar surface area (TPSA) is 25.2 Å². The van der Waals surface area contributed by atoms with Crippen molar-refractivity contribution >= 4 is 62.6 Å². The zero-order valence-corrected chi connectivity index (χ0v) is 28.2. The first-order chi connectivity index (χ1) is 23.4. The second-order valence-corrected chi connectivity index (χ2v) is 12.9. The van der Waals surface area contributed by atoms with Crippen molar-refractivity contribution in [1.29, 1.82) is 0 Å². The van der Waals surface area contributed by atoms with E-state index in [-0.39, 0.29) is 0 Å². The smallest absolute Gasteiger partial charge is 0.138 e. The van der Waals surface area contributed by atoms with E-state index in [0.29, 0.717) is 11.3 Å². The lowest BCUT2D eigenvalue weighted by atomic mass is 9.89. The molecule has 0 atom stereocenters. The van der Waals surface area contributed by atoms with Crippen molar-refractivity contribution in [3.05, 3.63) is 149 Å². The zero-order valence-electron chi connectivity index (χ0n) is 28.2. The van der Waals surface area contributed by atoms with Gasteiger partial charge in [-0.25, -0.2) is 0 Å². The molecule has 1 N–H and O–H groups in total. The quantitative estimate of drug-likeness (QED) is 0.135. The van der Waals surface area contributed by atoms with Gasteiger partial charge in [-0.1, -0.05) is 136 Å². The molecule has 0 unspecified atom stereocenters. The first-order valence-corrected chi connectivity index (χ1v) is 16.8. The highest BCUT2D eigenvalue weighted by Crippen LogP contribution is 2.43. The summed E-state index contributed by atoms with van der Waals surface area (Å²) in [6, 6.07) is 39.0. The van der Waals surface area contributed by atoms with Gasteiger partial charge in [0.05, 0.1) is 11.1 Å². The van der Waals surface area contributed by atoms with Gasteiger partial charge in [0.2, 0.25) is 0 Å². The van der Waals surface area contributed by atoms with Crippen LogP contribution in [0.3, 0.4) is 0 Å². The highest BCUT2D eigenvalue weighted by molar-refractivity contribution is 6.24. The van der Waals surface area contributed by atoms with Crippen molar-refractivity contribution < 1.29 is 4.42 Å². The van der Waals surface area contributed by atoms with Crippen LogP contribution in [-0.2, 0) is 0 Å². The standard InChI is InChI=1S/C46H41NO/c1-6-7-10-21-39-31(4)38-22-15-16-23-41(38)44-42(39)29-43-45(40(32(5)48-43)25-24-30(2)3)46(44)47-37-27-35(33-17-11-8-12-18-33)26-36(28-37)34-19-13-9-14-20-34/h6-23,25-30,47H,5,24H2,1-4H3/b7-6-,21-10-,40-25+. The molecule has 0 amide bonds. The summed E-state index contributed by atoms with van der Waals surface area (Å²) < 4.78 is 6.52. The summed E-state index contributed by atoms with van der Waals surface area (Å²) in [5, 5.41) is 10.9. The molecule has 0 spiro atoms. The van der Waals surface area contributed by atoms with Gasteiger partial charge in [0.1, 0.15) is 11.0 Å². The van der Waals surface area contributed by atoms with Gasteiger partial charge in [-0.05, 0) is 100.0 Å². The van der Waals surface area contributed by atoms with Crippen LogP contribution in [0.1, 0.15) is 38.3 Å². The van der Waals surface area contributed by atoms with Gasteiger partial charge in [-0.2, -0.15) is 0 Å². The summed E-state index contributed by atoms with van der Waals surface area (Å²) in [7, 11) is 0. The molecular weight excluding hydrogens is 583 g/mol. The molecule has 0 aliphatic rings. The maximum absolute atomic E-state index is 6.52. The van der Waals surface area contributed by atoms with E-state index in [2.05, 4.69) is 172 Å². The van der Waals surface area contributed by atoms with E-state index in [1.165, 1.54) is 38.4 Å². The van der Waals surface area contributed by atoms with Gasteiger partial charge < -0.3 is 9.73 Å². The third-order valence-corrected chi connectivity index (χ3v) is 9.17. The van der Waals surface area contributed by atoms with Gasteiger partial charge in [-0.15, -0.1) is 0 Å². The average Bonchev–Trinajstić information content (AvgIpc) is 3.43. The Balaban J connectivity index is 1.60. The van der Waals surface area contributed by atoms with Gasteiger partial charge in [0.15, 0.2) is 0 Å². The monoisotopic (exact) mass is 623 g/mol. The maximum Gasteiger partial charge on any atom is 0.138 e. The van der Waals surface area contributed by atoms with E-state index in [9.17, 15) is 0 Å². The molecular formula is C46H41NO. The molecule has 2 nitrogen and oxygen atoms in total. The fraction of sp³-hybridized carbons (Fsp3) is 0.130. The first-order valence-electron chi connectivity index (χ1n) is 16.8. The molecule has 0 saturated heterocycles. The lowest BCUT2D eigenvalue weighted by Gasteiger charge is -2.19. The van der Waals surface area contributed by atoms with Crippen LogP contribution in [0.4, 0.5) is 11.4 Å². The van der Waals surface area contributed by atoms with Crippen molar-refractivity contribution in [3.63, 3.8) is 0 Å². The van der Waals surface area contributed by atoms with Gasteiger partial charge in [-0.3, -0.25) is 0 Å². The molecule has 0 aliphatic carbocycles. The fourth-order valence-corrected chi connectivity index (χ4v) is 6.81. The number of hydrogen-bond donors (Lipinski definition) is 1. The maximum atomic E-state index is 6.52. The molecule has 7 aromatic rings. The van der Waals surface area contributed by atoms with E-state index in [4.69, 9.17) is 4.42 Å². The van der Waals surface area contributed by atoms with Crippen LogP contribution < -0.4 is 16.0 Å². The number of allylic oxidation sites excluding steroid dienone is 3. The predicted molar refractivity (Wildman–Crippen MR) is 209 cm³/mol. The van der Waals surface area contributed by atoms with Crippen LogP contribution in [0.5, 0.6) is 0 Å². The van der Waals surface area contributed by atoms with Crippen LogP contribution >= 0.6 is 0 Å². The van der Waals surface area contributed by atoms with Crippen molar-refractivity contribution in [3.8, 4) is 22.3 Å². The number of furan rings is 1. The van der Waals surface area contributed by atoms with Crippen LogP contribution in [0.25, 0.3) is 73.5 Å². The summed E-state index contributed by atoms with van der Waals surface area (Å²) in [5.41, 5.74) is 10.7. The molecule has 48 heavy (non-hydrogen) atoms. The van der Waals surface area contributed by atoms with Crippen molar-refractivity contribution in [2.45, 2.75) is 34.1 Å². The van der Waals surface area contributed by atoms with Crippen molar-refractivity contribution in [1.82, 2.24) is 0 Å². The summed E-state index contributed by atoms with van der Waals surface area (Å²) in [6.45, 7) is 13.2. The summed E-state index contributed by atoms with van der Waals surface area (Å²) in [6.07, 6.45) is 11.7.